The molecule has 2 bridgehead atoms. The Morgan fingerprint density at radius 2 is 1.78 bits per heavy atom. The Labute approximate surface area is 349 Å². The van der Waals surface area contributed by atoms with Crippen LogP contribution >= 0.6 is 22.9 Å². The molecule has 1 N–H and O–H groups in total. The van der Waals surface area contributed by atoms with Gasteiger partial charge in [-0.1, -0.05) is 59.6 Å². The van der Waals surface area contributed by atoms with Gasteiger partial charge in [-0.25, -0.2) is 9.97 Å². The zero-order chi connectivity index (χ0) is 41.7. The normalized spacial score (nSPS) is 27.2. The highest BCUT2D eigenvalue weighted by Crippen LogP contribution is 2.58. The molecular formula is C44H56ClN3O9S. The zero-order valence-electron chi connectivity index (χ0n) is 34.5. The first-order chi connectivity index (χ1) is 27.5. The van der Waals surface area contributed by atoms with Crippen molar-refractivity contribution in [2.45, 2.75) is 136 Å². The topological polar surface area (TPSA) is 154 Å². The standard InChI is InChI=1S/C44H56ClN3O9S/c1-8-24-19-44(24,42(52)53)20-34(49)33-16-28(21-48(33)41(51)30(43(4,5)6)17-38(50)57-27-14-25-9-10-26(15-27)55-25)56-36-18-31(32-22-58-37(46-32)13-23(2)3)47-40-29(36)11-12-35(54-7)39(40)45/h11-12,18,22-28,30,33H,8-10,13-17,19-21H2,1-7H3,(H,52,53)/t24?,25-,26+,27?,28-,30-,33+,44-/m1/s1. The lowest BCUT2D eigenvalue weighted by atomic mass is 9.77. The van der Waals surface area contributed by atoms with E-state index in [1.54, 1.807) is 17.4 Å². The summed E-state index contributed by atoms with van der Waals surface area (Å²) < 4.78 is 24.2. The Morgan fingerprint density at radius 3 is 2.40 bits per heavy atom. The molecule has 3 aliphatic heterocycles. The number of carbonyl (C=O) groups is 4. The highest BCUT2D eigenvalue weighted by atomic mass is 35.5. The molecule has 1 aromatic carbocycles. The monoisotopic (exact) mass is 837 g/mol. The van der Waals surface area contributed by atoms with Gasteiger partial charge in [-0.15, -0.1) is 11.3 Å². The summed E-state index contributed by atoms with van der Waals surface area (Å²) in [5, 5.41) is 14.1. The molecule has 2 unspecified atom stereocenters. The van der Waals surface area contributed by atoms with E-state index in [1.165, 1.54) is 12.0 Å². The Morgan fingerprint density at radius 1 is 1.05 bits per heavy atom. The van der Waals surface area contributed by atoms with E-state index >= 15 is 0 Å². The smallest absolute Gasteiger partial charge is 0.310 e. The van der Waals surface area contributed by atoms with Crippen LogP contribution in [0.15, 0.2) is 23.6 Å². The van der Waals surface area contributed by atoms with Gasteiger partial charge in [-0.2, -0.15) is 0 Å². The van der Waals surface area contributed by atoms with Crippen molar-refractivity contribution in [2.75, 3.05) is 13.7 Å². The van der Waals surface area contributed by atoms with Gasteiger partial charge in [0.25, 0.3) is 0 Å². The Bertz CT molecular complexity index is 2050. The van der Waals surface area contributed by atoms with E-state index in [0.29, 0.717) is 70.4 Å². The first kappa shape index (κ1) is 42.3. The molecule has 12 nitrogen and oxygen atoms in total. The number of hydrogen-bond donors (Lipinski definition) is 1. The number of nitrogens with zero attached hydrogens (tertiary/aromatic N) is 3. The summed E-state index contributed by atoms with van der Waals surface area (Å²) in [7, 11) is 1.53. The number of Topliss-reactive ketones (excluding diaryl/α,β-unsaturated/α-hetero) is 1. The number of hydrogen-bond acceptors (Lipinski definition) is 11. The molecule has 8 atom stereocenters. The number of halogens is 1. The number of benzene rings is 1. The lowest BCUT2D eigenvalue weighted by molar-refractivity contribution is -0.162. The van der Waals surface area contributed by atoms with Crippen molar-refractivity contribution >= 4 is 57.5 Å². The van der Waals surface area contributed by atoms with Crippen LogP contribution in [0.2, 0.25) is 5.02 Å². The maximum atomic E-state index is 14.9. The molecule has 0 radical (unpaired) electrons. The largest absolute Gasteiger partial charge is 0.495 e. The number of methoxy groups -OCH3 is 1. The van der Waals surface area contributed by atoms with Gasteiger partial charge in [0.15, 0.2) is 5.78 Å². The fourth-order valence-electron chi connectivity index (χ4n) is 9.25. The number of pyridine rings is 1. The number of carboxylic acid groups (broad SMARTS) is 1. The Hall–Kier alpha value is -3.81. The lowest BCUT2D eigenvalue weighted by Crippen LogP contribution is -2.48. The fraction of sp³-hybridized carbons (Fsp3) is 0.636. The van der Waals surface area contributed by atoms with Crippen LogP contribution in [-0.2, 0) is 35.1 Å². The van der Waals surface area contributed by atoms with E-state index in [2.05, 4.69) is 13.8 Å². The quantitative estimate of drug-likeness (QED) is 0.147. The summed E-state index contributed by atoms with van der Waals surface area (Å²) in [4.78, 5) is 66.6. The van der Waals surface area contributed by atoms with E-state index in [1.807, 2.05) is 45.2 Å². The maximum Gasteiger partial charge on any atom is 0.310 e. The van der Waals surface area contributed by atoms with Crippen LogP contribution in [0.1, 0.15) is 104 Å². The molecule has 4 fully saturated rings. The fourth-order valence-corrected chi connectivity index (χ4v) is 10.5. The van der Waals surface area contributed by atoms with Gasteiger partial charge in [0.2, 0.25) is 5.91 Å². The first-order valence-corrected chi connectivity index (χ1v) is 22.0. The first-order valence-electron chi connectivity index (χ1n) is 20.7. The van der Waals surface area contributed by atoms with Gasteiger partial charge in [-0.3, -0.25) is 19.2 Å². The second kappa shape index (κ2) is 16.7. The highest BCUT2D eigenvalue weighted by molar-refractivity contribution is 7.09. The van der Waals surface area contributed by atoms with Crippen LogP contribution in [-0.4, -0.2) is 87.7 Å². The van der Waals surface area contributed by atoms with Crippen LogP contribution in [0, 0.1) is 28.6 Å². The number of esters is 1. The summed E-state index contributed by atoms with van der Waals surface area (Å²) in [5.74, 6) is -1.73. The number of aliphatic carboxylic acids is 1. The Kier molecular flexibility index (Phi) is 12.2. The summed E-state index contributed by atoms with van der Waals surface area (Å²) in [6.07, 6.45) is 4.16. The average molecular weight is 838 g/mol. The van der Waals surface area contributed by atoms with E-state index in [4.69, 9.17) is 40.5 Å². The van der Waals surface area contributed by atoms with Crippen LogP contribution in [0.4, 0.5) is 0 Å². The number of carboxylic acids is 1. The van der Waals surface area contributed by atoms with Crippen molar-refractivity contribution in [2.24, 2.45) is 28.6 Å². The van der Waals surface area contributed by atoms with Crippen molar-refractivity contribution < 1.29 is 43.2 Å². The molecule has 1 amide bonds. The predicted molar refractivity (Wildman–Crippen MR) is 220 cm³/mol. The van der Waals surface area contributed by atoms with Gasteiger partial charge in [-0.05, 0) is 48.6 Å². The minimum absolute atomic E-state index is 0.0513. The van der Waals surface area contributed by atoms with Crippen molar-refractivity contribution in [3.63, 3.8) is 0 Å². The third-order valence-electron chi connectivity index (χ3n) is 12.6. The molecule has 1 aliphatic carbocycles. The molecule has 314 valence electrons. The minimum atomic E-state index is -1.15. The van der Waals surface area contributed by atoms with E-state index in [-0.39, 0.29) is 61.7 Å². The van der Waals surface area contributed by atoms with Crippen LogP contribution in [0.5, 0.6) is 11.5 Å². The zero-order valence-corrected chi connectivity index (χ0v) is 36.1. The van der Waals surface area contributed by atoms with Crippen molar-refractivity contribution in [3.05, 3.63) is 33.6 Å². The molecule has 1 saturated carbocycles. The lowest BCUT2D eigenvalue weighted by Gasteiger charge is -2.35. The van der Waals surface area contributed by atoms with Crippen molar-refractivity contribution in [3.8, 4) is 22.9 Å². The molecular weight excluding hydrogens is 782 g/mol. The highest BCUT2D eigenvalue weighted by Gasteiger charge is 2.61. The number of carbonyl (C=O) groups excluding carboxylic acids is 3. The van der Waals surface area contributed by atoms with Crippen molar-refractivity contribution in [1.82, 2.24) is 14.9 Å². The van der Waals surface area contributed by atoms with Crippen molar-refractivity contribution in [1.29, 1.82) is 0 Å². The summed E-state index contributed by atoms with van der Waals surface area (Å²) in [6, 6.07) is 4.42. The van der Waals surface area contributed by atoms with Crippen LogP contribution < -0.4 is 9.47 Å². The maximum absolute atomic E-state index is 14.9. The molecule has 7 rings (SSSR count). The molecule has 2 aromatic heterocycles. The molecule has 58 heavy (non-hydrogen) atoms. The molecule has 5 heterocycles. The number of aromatic nitrogens is 2. The molecule has 4 aliphatic rings. The minimum Gasteiger partial charge on any atom is -0.495 e. The van der Waals surface area contributed by atoms with Gasteiger partial charge >= 0.3 is 11.9 Å². The van der Waals surface area contributed by atoms with E-state index in [9.17, 15) is 24.3 Å². The number of ether oxygens (including phenoxy) is 4. The summed E-state index contributed by atoms with van der Waals surface area (Å²) >= 11 is 8.42. The van der Waals surface area contributed by atoms with Gasteiger partial charge in [0.05, 0.1) is 71.6 Å². The number of thiazole rings is 1. The number of rotatable bonds is 15. The van der Waals surface area contributed by atoms with E-state index < -0.39 is 40.8 Å². The predicted octanol–water partition coefficient (Wildman–Crippen LogP) is 8.33. The number of ketones is 1. The number of amides is 1. The SMILES string of the molecule is CCC1C[C@]1(CC(=O)[C@@H]1C[C@@H](Oc2cc(-c3csc(CC(C)C)n3)nc3c(Cl)c(OC)ccc23)CN1C(=O)[C@@H](CC(=O)OC1C[C@H]2CC[C@@H](C1)O2)C(C)(C)C)C(=O)O. The van der Waals surface area contributed by atoms with Crippen LogP contribution in [0.3, 0.4) is 0 Å². The third-order valence-corrected chi connectivity index (χ3v) is 13.8. The second-order valence-corrected chi connectivity index (χ2v) is 19.6. The van der Waals surface area contributed by atoms with E-state index in [0.717, 1.165) is 24.3 Å². The Balaban J connectivity index is 1.19. The van der Waals surface area contributed by atoms with Crippen LogP contribution in [0.25, 0.3) is 22.3 Å². The molecule has 3 aromatic rings. The molecule has 14 heteroatoms. The molecule has 3 saturated heterocycles. The summed E-state index contributed by atoms with van der Waals surface area (Å²) in [5.41, 5.74) is -0.141. The number of likely N-dealkylation sites (tertiary alicyclic amines) is 1. The van der Waals surface area contributed by atoms with Gasteiger partial charge in [0.1, 0.15) is 28.7 Å². The average Bonchev–Trinajstić information content (AvgIpc) is 3.42. The second-order valence-electron chi connectivity index (χ2n) is 18.3. The van der Waals surface area contributed by atoms with Gasteiger partial charge < -0.3 is 29.0 Å². The third kappa shape index (κ3) is 8.73. The molecule has 0 spiro atoms. The summed E-state index contributed by atoms with van der Waals surface area (Å²) in [6.45, 7) is 12.0. The number of fused-ring (bicyclic) bond motifs is 3. The van der Waals surface area contributed by atoms with Gasteiger partial charge in [0, 0.05) is 48.9 Å².